The molecule has 0 aliphatic carbocycles. The minimum Gasteiger partial charge on any atom is -0.490 e. The molecule has 3 rings (SSSR count). The van der Waals surface area contributed by atoms with Crippen LogP contribution in [0.1, 0.15) is 6.42 Å². The molecule has 4 nitrogen and oxygen atoms in total. The van der Waals surface area contributed by atoms with Gasteiger partial charge in [0.1, 0.15) is 0 Å². The van der Waals surface area contributed by atoms with Gasteiger partial charge in [0.25, 0.3) is 0 Å². The van der Waals surface area contributed by atoms with Crippen molar-refractivity contribution < 1.29 is 4.74 Å². The maximum Gasteiger partial charge on any atom is 0.157 e. The van der Waals surface area contributed by atoms with E-state index in [2.05, 4.69) is 10.4 Å². The average molecular weight is 278 g/mol. The van der Waals surface area contributed by atoms with Crippen molar-refractivity contribution >= 4 is 11.6 Å². The largest absolute Gasteiger partial charge is 0.490 e. The van der Waals surface area contributed by atoms with Crippen molar-refractivity contribution in [2.75, 3.05) is 19.7 Å². The molecule has 0 bridgehead atoms. The Kier molecular flexibility index (Phi) is 3.71. The summed E-state index contributed by atoms with van der Waals surface area (Å²) in [6, 6.07) is 7.56. The number of halogens is 1. The lowest BCUT2D eigenvalue weighted by Crippen LogP contribution is -2.15. The summed E-state index contributed by atoms with van der Waals surface area (Å²) in [7, 11) is 0. The van der Waals surface area contributed by atoms with Gasteiger partial charge in [0, 0.05) is 17.5 Å². The Balaban J connectivity index is 1.63. The van der Waals surface area contributed by atoms with Crippen LogP contribution in [0.2, 0.25) is 5.02 Å². The highest BCUT2D eigenvalue weighted by Crippen LogP contribution is 2.17. The lowest BCUT2D eigenvalue weighted by Gasteiger charge is -2.08. The molecule has 100 valence electrons. The van der Waals surface area contributed by atoms with Crippen LogP contribution >= 0.6 is 11.6 Å². The Labute approximate surface area is 117 Å². The molecule has 0 spiro atoms. The number of benzene rings is 1. The summed E-state index contributed by atoms with van der Waals surface area (Å²) in [5.74, 6) is 1.42. The first kappa shape index (κ1) is 12.5. The van der Waals surface area contributed by atoms with E-state index < -0.39 is 0 Å². The topological polar surface area (TPSA) is 39.1 Å². The van der Waals surface area contributed by atoms with E-state index in [9.17, 15) is 0 Å². The van der Waals surface area contributed by atoms with Gasteiger partial charge in [0.2, 0.25) is 0 Å². The summed E-state index contributed by atoms with van der Waals surface area (Å²) in [5.41, 5.74) is 0.974. The van der Waals surface area contributed by atoms with Crippen LogP contribution < -0.4 is 10.1 Å². The van der Waals surface area contributed by atoms with E-state index in [1.165, 1.54) is 6.42 Å². The molecule has 1 aromatic carbocycles. The first-order chi connectivity index (χ1) is 9.31. The van der Waals surface area contributed by atoms with E-state index in [1.807, 2.05) is 30.5 Å². The summed E-state index contributed by atoms with van der Waals surface area (Å²) >= 11 is 5.87. The third-order valence-corrected chi connectivity index (χ3v) is 3.55. The smallest absolute Gasteiger partial charge is 0.157 e. The van der Waals surface area contributed by atoms with Gasteiger partial charge in [0.15, 0.2) is 5.75 Å². The average Bonchev–Trinajstić information content (AvgIpc) is 3.09. The van der Waals surface area contributed by atoms with Gasteiger partial charge >= 0.3 is 0 Å². The second-order valence-electron chi connectivity index (χ2n) is 4.77. The minimum absolute atomic E-state index is 0.610. The number of hydrogen-bond acceptors (Lipinski definition) is 3. The van der Waals surface area contributed by atoms with E-state index in [-0.39, 0.29) is 0 Å². The quantitative estimate of drug-likeness (QED) is 0.933. The van der Waals surface area contributed by atoms with Crippen LogP contribution in [0.25, 0.3) is 5.69 Å². The Hall–Kier alpha value is -1.52. The molecule has 0 radical (unpaired) electrons. The Morgan fingerprint density at radius 2 is 2.21 bits per heavy atom. The third kappa shape index (κ3) is 3.08. The highest BCUT2D eigenvalue weighted by Gasteiger charge is 2.15. The van der Waals surface area contributed by atoms with Crippen LogP contribution in [0.4, 0.5) is 0 Å². The molecule has 1 unspecified atom stereocenters. The van der Waals surface area contributed by atoms with Crippen molar-refractivity contribution in [1.82, 2.24) is 15.1 Å². The molecular formula is C14H16ClN3O. The van der Waals surface area contributed by atoms with Gasteiger partial charge in [-0.3, -0.25) is 0 Å². The van der Waals surface area contributed by atoms with E-state index in [0.29, 0.717) is 5.92 Å². The number of aromatic nitrogens is 2. The zero-order valence-corrected chi connectivity index (χ0v) is 11.3. The summed E-state index contributed by atoms with van der Waals surface area (Å²) in [5, 5.41) is 8.35. The van der Waals surface area contributed by atoms with Crippen LogP contribution in [-0.4, -0.2) is 29.5 Å². The number of nitrogens with one attached hydrogen (secondary N) is 1. The molecule has 1 atom stereocenters. The maximum atomic E-state index is 5.87. The van der Waals surface area contributed by atoms with Crippen molar-refractivity contribution in [1.29, 1.82) is 0 Å². The van der Waals surface area contributed by atoms with Gasteiger partial charge in [-0.2, -0.15) is 5.10 Å². The first-order valence-corrected chi connectivity index (χ1v) is 6.83. The molecule has 2 aromatic rings. The van der Waals surface area contributed by atoms with Crippen LogP contribution in [0, 0.1) is 5.92 Å². The summed E-state index contributed by atoms with van der Waals surface area (Å²) in [6.07, 6.45) is 4.83. The van der Waals surface area contributed by atoms with Gasteiger partial charge < -0.3 is 10.1 Å². The van der Waals surface area contributed by atoms with Crippen LogP contribution in [0.3, 0.4) is 0 Å². The van der Waals surface area contributed by atoms with Crippen molar-refractivity contribution in [2.24, 2.45) is 5.92 Å². The van der Waals surface area contributed by atoms with Crippen LogP contribution in [0.15, 0.2) is 36.7 Å². The van der Waals surface area contributed by atoms with Crippen molar-refractivity contribution in [3.8, 4) is 11.4 Å². The molecule has 2 heterocycles. The number of ether oxygens (including phenoxy) is 1. The lowest BCUT2D eigenvalue weighted by molar-refractivity contribution is 0.260. The number of nitrogens with zero attached hydrogens (tertiary/aromatic N) is 2. The van der Waals surface area contributed by atoms with Crippen molar-refractivity contribution in [3.63, 3.8) is 0 Å². The Bertz CT molecular complexity index is 532. The molecule has 1 saturated heterocycles. The molecule has 0 saturated carbocycles. The fourth-order valence-electron chi connectivity index (χ4n) is 2.19. The van der Waals surface area contributed by atoms with Gasteiger partial charge in [-0.1, -0.05) is 11.6 Å². The van der Waals surface area contributed by atoms with Gasteiger partial charge in [-0.05, 0) is 37.2 Å². The predicted molar refractivity (Wildman–Crippen MR) is 75.0 cm³/mol. The van der Waals surface area contributed by atoms with Crippen LogP contribution in [0.5, 0.6) is 5.75 Å². The molecule has 1 aliphatic heterocycles. The van der Waals surface area contributed by atoms with Crippen molar-refractivity contribution in [2.45, 2.75) is 6.42 Å². The van der Waals surface area contributed by atoms with Gasteiger partial charge in [0.05, 0.1) is 24.7 Å². The van der Waals surface area contributed by atoms with E-state index in [0.717, 1.165) is 36.2 Å². The molecule has 1 aliphatic rings. The summed E-state index contributed by atoms with van der Waals surface area (Å²) in [6.45, 7) is 2.89. The monoisotopic (exact) mass is 277 g/mol. The second-order valence-corrected chi connectivity index (χ2v) is 5.20. The van der Waals surface area contributed by atoms with E-state index in [1.54, 1.807) is 10.9 Å². The van der Waals surface area contributed by atoms with Gasteiger partial charge in [-0.15, -0.1) is 0 Å². The Morgan fingerprint density at radius 3 is 2.95 bits per heavy atom. The first-order valence-electron chi connectivity index (χ1n) is 6.45. The minimum atomic E-state index is 0.610. The summed E-state index contributed by atoms with van der Waals surface area (Å²) < 4.78 is 7.56. The summed E-state index contributed by atoms with van der Waals surface area (Å²) in [4.78, 5) is 0. The van der Waals surface area contributed by atoms with E-state index in [4.69, 9.17) is 16.3 Å². The normalized spacial score (nSPS) is 18.7. The fraction of sp³-hybridized carbons (Fsp3) is 0.357. The van der Waals surface area contributed by atoms with Crippen LogP contribution in [-0.2, 0) is 0 Å². The third-order valence-electron chi connectivity index (χ3n) is 3.30. The number of hydrogen-bond donors (Lipinski definition) is 1. The molecule has 1 fully saturated rings. The highest BCUT2D eigenvalue weighted by atomic mass is 35.5. The molecule has 0 amide bonds. The molecule has 1 N–H and O–H groups in total. The highest BCUT2D eigenvalue weighted by molar-refractivity contribution is 6.30. The molecule has 1 aromatic heterocycles. The zero-order chi connectivity index (χ0) is 13.1. The predicted octanol–water partition coefficient (Wildman–Crippen LogP) is 2.51. The molecular weight excluding hydrogens is 262 g/mol. The van der Waals surface area contributed by atoms with Gasteiger partial charge in [-0.25, -0.2) is 4.68 Å². The standard InChI is InChI=1S/C14H16ClN3O/c15-12-1-3-13(4-2-12)18-9-14(8-17-18)19-10-11-5-6-16-7-11/h1-4,8-9,11,16H,5-7,10H2. The van der Waals surface area contributed by atoms with Crippen molar-refractivity contribution in [3.05, 3.63) is 41.7 Å². The Morgan fingerprint density at radius 1 is 1.37 bits per heavy atom. The van der Waals surface area contributed by atoms with E-state index >= 15 is 0 Å². The molecule has 5 heteroatoms. The maximum absolute atomic E-state index is 5.87. The lowest BCUT2D eigenvalue weighted by atomic mass is 10.1. The zero-order valence-electron chi connectivity index (χ0n) is 10.6. The second kappa shape index (κ2) is 5.63. The SMILES string of the molecule is Clc1ccc(-n2cc(OCC3CCNC3)cn2)cc1. The fourth-order valence-corrected chi connectivity index (χ4v) is 2.31. The molecule has 19 heavy (non-hydrogen) atoms. The number of rotatable bonds is 4.